The second-order valence-electron chi connectivity index (χ2n) is 3.51. The average Bonchev–Trinajstić information content (AvgIpc) is 2.48. The number of carbonyl (C=O) groups is 1. The van der Waals surface area contributed by atoms with Gasteiger partial charge in [0.2, 0.25) is 0 Å². The molecular weight excluding hydrogens is 154 g/mol. The molecule has 12 heavy (non-hydrogen) atoms. The van der Waals surface area contributed by atoms with Gasteiger partial charge in [-0.2, -0.15) is 0 Å². The fourth-order valence-electron chi connectivity index (χ4n) is 1.79. The normalized spacial score (nSPS) is 29.1. The van der Waals surface area contributed by atoms with Crippen molar-refractivity contribution in [2.45, 2.75) is 26.2 Å². The van der Waals surface area contributed by atoms with E-state index in [1.54, 1.807) is 0 Å². The van der Waals surface area contributed by atoms with Gasteiger partial charge in [0.15, 0.2) is 0 Å². The molecule has 0 aromatic rings. The molecule has 2 N–H and O–H groups in total. The number of rotatable bonds is 4. The van der Waals surface area contributed by atoms with Crippen molar-refractivity contribution in [3.63, 3.8) is 0 Å². The molecule has 3 heteroatoms. The van der Waals surface area contributed by atoms with Crippen LogP contribution >= 0.6 is 0 Å². The Morgan fingerprint density at radius 1 is 1.58 bits per heavy atom. The first kappa shape index (κ1) is 9.52. The molecule has 1 saturated heterocycles. The molecule has 1 aliphatic heterocycles. The number of hydrogen-bond acceptors (Lipinski definition) is 2. The Morgan fingerprint density at radius 2 is 2.33 bits per heavy atom. The van der Waals surface area contributed by atoms with Crippen molar-refractivity contribution in [1.82, 2.24) is 5.32 Å². The predicted octanol–water partition coefficient (Wildman–Crippen LogP) is 1.10. The highest BCUT2D eigenvalue weighted by Gasteiger charge is 2.31. The SMILES string of the molecule is CCCCC1CNCC1C(=O)O. The van der Waals surface area contributed by atoms with E-state index in [1.165, 1.54) is 0 Å². The lowest BCUT2D eigenvalue weighted by Gasteiger charge is -2.13. The third kappa shape index (κ3) is 2.21. The van der Waals surface area contributed by atoms with Crippen LogP contribution in [0.3, 0.4) is 0 Å². The monoisotopic (exact) mass is 171 g/mol. The summed E-state index contributed by atoms with van der Waals surface area (Å²) in [6.07, 6.45) is 3.36. The number of aliphatic carboxylic acids is 1. The fraction of sp³-hybridized carbons (Fsp3) is 0.889. The fourth-order valence-corrected chi connectivity index (χ4v) is 1.79. The highest BCUT2D eigenvalue weighted by molar-refractivity contribution is 5.71. The van der Waals surface area contributed by atoms with Crippen LogP contribution in [0.4, 0.5) is 0 Å². The summed E-state index contributed by atoms with van der Waals surface area (Å²) in [6, 6.07) is 0. The molecule has 0 saturated carbocycles. The summed E-state index contributed by atoms with van der Waals surface area (Å²) in [5.41, 5.74) is 0. The van der Waals surface area contributed by atoms with Gasteiger partial charge in [-0.25, -0.2) is 0 Å². The summed E-state index contributed by atoms with van der Waals surface area (Å²) >= 11 is 0. The molecule has 0 aliphatic carbocycles. The minimum Gasteiger partial charge on any atom is -0.481 e. The van der Waals surface area contributed by atoms with Crippen molar-refractivity contribution in [3.05, 3.63) is 0 Å². The molecule has 1 rings (SSSR count). The van der Waals surface area contributed by atoms with Gasteiger partial charge >= 0.3 is 5.97 Å². The number of carboxylic acid groups (broad SMARTS) is 1. The van der Waals surface area contributed by atoms with E-state index in [0.29, 0.717) is 12.5 Å². The maximum absolute atomic E-state index is 10.7. The first-order valence-electron chi connectivity index (χ1n) is 4.69. The molecule has 1 aliphatic rings. The molecule has 2 atom stereocenters. The zero-order valence-corrected chi connectivity index (χ0v) is 7.55. The highest BCUT2D eigenvalue weighted by atomic mass is 16.4. The van der Waals surface area contributed by atoms with Gasteiger partial charge in [-0.05, 0) is 18.9 Å². The van der Waals surface area contributed by atoms with Crippen molar-refractivity contribution in [2.24, 2.45) is 11.8 Å². The molecular formula is C9H17NO2. The van der Waals surface area contributed by atoms with E-state index in [-0.39, 0.29) is 5.92 Å². The minimum absolute atomic E-state index is 0.142. The molecule has 0 amide bonds. The molecule has 3 nitrogen and oxygen atoms in total. The summed E-state index contributed by atoms with van der Waals surface area (Å²) in [5.74, 6) is -0.417. The summed E-state index contributed by atoms with van der Waals surface area (Å²) < 4.78 is 0. The predicted molar refractivity (Wildman–Crippen MR) is 47.0 cm³/mol. The van der Waals surface area contributed by atoms with Crippen molar-refractivity contribution in [3.8, 4) is 0 Å². The topological polar surface area (TPSA) is 49.3 Å². The molecule has 1 fully saturated rings. The van der Waals surface area contributed by atoms with Gasteiger partial charge in [-0.1, -0.05) is 19.8 Å². The summed E-state index contributed by atoms with van der Waals surface area (Å²) in [5, 5.41) is 12.0. The Labute approximate surface area is 73.2 Å². The first-order valence-corrected chi connectivity index (χ1v) is 4.69. The number of unbranched alkanes of at least 4 members (excludes halogenated alkanes) is 1. The molecule has 0 spiro atoms. The lowest BCUT2D eigenvalue weighted by Crippen LogP contribution is -2.22. The van der Waals surface area contributed by atoms with Gasteiger partial charge in [0, 0.05) is 6.54 Å². The summed E-state index contributed by atoms with van der Waals surface area (Å²) in [6.45, 7) is 3.68. The largest absolute Gasteiger partial charge is 0.481 e. The van der Waals surface area contributed by atoms with Gasteiger partial charge in [-0.3, -0.25) is 4.79 Å². The standard InChI is InChI=1S/C9H17NO2/c1-2-3-4-7-5-10-6-8(7)9(11)12/h7-8,10H,2-6H2,1H3,(H,11,12). The van der Waals surface area contributed by atoms with E-state index in [0.717, 1.165) is 25.8 Å². The Balaban J connectivity index is 2.35. The smallest absolute Gasteiger partial charge is 0.308 e. The zero-order valence-electron chi connectivity index (χ0n) is 7.55. The van der Waals surface area contributed by atoms with Gasteiger partial charge in [0.25, 0.3) is 0 Å². The van der Waals surface area contributed by atoms with Crippen LogP contribution < -0.4 is 5.32 Å². The van der Waals surface area contributed by atoms with Crippen LogP contribution in [0.15, 0.2) is 0 Å². The van der Waals surface area contributed by atoms with E-state index in [9.17, 15) is 4.79 Å². The zero-order chi connectivity index (χ0) is 8.97. The van der Waals surface area contributed by atoms with Gasteiger partial charge < -0.3 is 10.4 Å². The Morgan fingerprint density at radius 3 is 2.92 bits per heavy atom. The molecule has 2 unspecified atom stereocenters. The summed E-state index contributed by atoms with van der Waals surface area (Å²) in [7, 11) is 0. The summed E-state index contributed by atoms with van der Waals surface area (Å²) in [4.78, 5) is 10.7. The third-order valence-electron chi connectivity index (χ3n) is 2.59. The lowest BCUT2D eigenvalue weighted by molar-refractivity contribution is -0.142. The lowest BCUT2D eigenvalue weighted by atomic mass is 9.91. The van der Waals surface area contributed by atoms with Crippen molar-refractivity contribution in [1.29, 1.82) is 0 Å². The molecule has 1 heterocycles. The van der Waals surface area contributed by atoms with Crippen molar-refractivity contribution < 1.29 is 9.90 Å². The average molecular weight is 171 g/mol. The molecule has 0 bridgehead atoms. The van der Waals surface area contributed by atoms with Crippen molar-refractivity contribution in [2.75, 3.05) is 13.1 Å². The maximum Gasteiger partial charge on any atom is 0.308 e. The third-order valence-corrected chi connectivity index (χ3v) is 2.59. The molecule has 70 valence electrons. The van der Waals surface area contributed by atoms with Crippen molar-refractivity contribution >= 4 is 5.97 Å². The van der Waals surface area contributed by atoms with E-state index >= 15 is 0 Å². The molecule has 0 aromatic heterocycles. The Bertz CT molecular complexity index is 159. The Kier molecular flexibility index (Phi) is 3.53. The van der Waals surface area contributed by atoms with Gasteiger partial charge in [0.05, 0.1) is 5.92 Å². The second kappa shape index (κ2) is 4.45. The minimum atomic E-state index is -0.638. The molecule has 0 aromatic carbocycles. The number of carboxylic acids is 1. The highest BCUT2D eigenvalue weighted by Crippen LogP contribution is 2.22. The van der Waals surface area contributed by atoms with Gasteiger partial charge in [-0.15, -0.1) is 0 Å². The van der Waals surface area contributed by atoms with Crippen LogP contribution in [-0.2, 0) is 4.79 Å². The van der Waals surface area contributed by atoms with Gasteiger partial charge in [0.1, 0.15) is 0 Å². The quantitative estimate of drug-likeness (QED) is 0.666. The van der Waals surface area contributed by atoms with Crippen LogP contribution in [0.5, 0.6) is 0 Å². The Hall–Kier alpha value is -0.570. The maximum atomic E-state index is 10.7. The molecule has 0 radical (unpaired) electrons. The van der Waals surface area contributed by atoms with Crippen LogP contribution in [0.1, 0.15) is 26.2 Å². The van der Waals surface area contributed by atoms with Crippen LogP contribution in [0, 0.1) is 11.8 Å². The number of nitrogens with one attached hydrogen (secondary N) is 1. The van der Waals surface area contributed by atoms with E-state index in [4.69, 9.17) is 5.11 Å². The van der Waals surface area contributed by atoms with Crippen LogP contribution in [-0.4, -0.2) is 24.2 Å². The van der Waals surface area contributed by atoms with Crippen LogP contribution in [0.2, 0.25) is 0 Å². The van der Waals surface area contributed by atoms with E-state index in [2.05, 4.69) is 12.2 Å². The second-order valence-corrected chi connectivity index (χ2v) is 3.51. The van der Waals surface area contributed by atoms with Crippen LogP contribution in [0.25, 0.3) is 0 Å². The van der Waals surface area contributed by atoms with E-state index < -0.39 is 5.97 Å². The van der Waals surface area contributed by atoms with E-state index in [1.807, 2.05) is 0 Å². The first-order chi connectivity index (χ1) is 5.75. The number of hydrogen-bond donors (Lipinski definition) is 2.